The summed E-state index contributed by atoms with van der Waals surface area (Å²) in [6.07, 6.45) is -3.59. The van der Waals surface area contributed by atoms with Crippen LogP contribution in [0.5, 0.6) is 5.75 Å². The smallest absolute Gasteiger partial charge is 0.419 e. The molecule has 3 rings (SSSR count). The highest BCUT2D eigenvalue weighted by molar-refractivity contribution is 7.90. The van der Waals surface area contributed by atoms with E-state index in [1.807, 2.05) is 42.2 Å². The Labute approximate surface area is 224 Å². The fourth-order valence-electron chi connectivity index (χ4n) is 4.30. The summed E-state index contributed by atoms with van der Waals surface area (Å²) < 4.78 is 98.4. The summed E-state index contributed by atoms with van der Waals surface area (Å²) in [6.45, 7) is 1.84. The van der Waals surface area contributed by atoms with Gasteiger partial charge in [-0.25, -0.2) is 17.2 Å². The summed E-state index contributed by atoms with van der Waals surface area (Å²) in [7, 11) is -3.83. The van der Waals surface area contributed by atoms with Gasteiger partial charge in [0, 0.05) is 43.1 Å². The average Bonchev–Trinajstić information content (AvgIpc) is 2.86. The lowest BCUT2D eigenvalue weighted by atomic mass is 10.00. The lowest BCUT2D eigenvalue weighted by Crippen LogP contribution is -2.30. The van der Waals surface area contributed by atoms with Gasteiger partial charge in [0.15, 0.2) is 9.84 Å². The molecule has 0 aliphatic rings. The second-order valence-corrected chi connectivity index (χ2v) is 11.3. The Morgan fingerprint density at radius 3 is 2.33 bits per heavy atom. The molecular weight excluding hydrogens is 541 g/mol. The lowest BCUT2D eigenvalue weighted by Gasteiger charge is -2.27. The Balaban J connectivity index is 1.75. The van der Waals surface area contributed by atoms with Gasteiger partial charge < -0.3 is 9.84 Å². The molecular formula is C28H30F5NO4S. The molecule has 39 heavy (non-hydrogen) atoms. The Hall–Kier alpha value is -3.02. The molecule has 0 amide bonds. The molecule has 1 atom stereocenters. The Morgan fingerprint density at radius 2 is 1.72 bits per heavy atom. The first-order valence-corrected chi connectivity index (χ1v) is 14.1. The molecule has 0 radical (unpaired) electrons. The Bertz CT molecular complexity index is 1360. The minimum absolute atomic E-state index is 0.0154. The van der Waals surface area contributed by atoms with Crippen LogP contribution in [0.15, 0.2) is 65.6 Å². The van der Waals surface area contributed by atoms with Crippen LogP contribution in [0.3, 0.4) is 0 Å². The first-order valence-electron chi connectivity index (χ1n) is 12.2. The van der Waals surface area contributed by atoms with E-state index in [0.717, 1.165) is 24.0 Å². The zero-order chi connectivity index (χ0) is 28.8. The number of benzene rings is 3. The van der Waals surface area contributed by atoms with E-state index < -0.39 is 39.8 Å². The van der Waals surface area contributed by atoms with E-state index in [1.54, 1.807) is 0 Å². The highest BCUT2D eigenvalue weighted by atomic mass is 32.2. The molecule has 1 N–H and O–H groups in total. The quantitative estimate of drug-likeness (QED) is 0.215. The zero-order valence-corrected chi connectivity index (χ0v) is 22.3. The van der Waals surface area contributed by atoms with E-state index in [4.69, 9.17) is 4.74 Å². The number of rotatable bonds is 12. The number of aliphatic hydroxyl groups excluding tert-OH is 1. The molecule has 0 fully saturated rings. The normalized spacial score (nSPS) is 13.1. The molecule has 212 valence electrons. The largest absolute Gasteiger partial charge is 0.493 e. The number of hydrogen-bond donors (Lipinski definition) is 1. The second-order valence-electron chi connectivity index (χ2n) is 9.34. The number of nitrogens with zero attached hydrogens (tertiary/aromatic N) is 1. The molecule has 0 aliphatic heterocycles. The van der Waals surface area contributed by atoms with Crippen LogP contribution in [-0.2, 0) is 29.2 Å². The Morgan fingerprint density at radius 1 is 1.03 bits per heavy atom. The summed E-state index contributed by atoms with van der Waals surface area (Å²) >= 11 is 0. The maximum atomic E-state index is 14.8. The molecule has 0 aromatic heterocycles. The SMILES string of the molecule is CC(CN(CCCOc1cc(F)c(CO)c(S(C)(=O)=O)c1)Cc1cccc(C(F)(F)F)c1F)c1ccccc1. The minimum atomic E-state index is -4.82. The van der Waals surface area contributed by atoms with Gasteiger partial charge in [-0.2, -0.15) is 13.2 Å². The number of ether oxygens (including phenoxy) is 1. The molecule has 0 aliphatic carbocycles. The van der Waals surface area contributed by atoms with Gasteiger partial charge in [0.25, 0.3) is 0 Å². The molecule has 0 bridgehead atoms. The van der Waals surface area contributed by atoms with Crippen LogP contribution in [0, 0.1) is 11.6 Å². The van der Waals surface area contributed by atoms with Gasteiger partial charge in [0.05, 0.1) is 23.7 Å². The van der Waals surface area contributed by atoms with Crippen LogP contribution in [-0.4, -0.2) is 44.4 Å². The van der Waals surface area contributed by atoms with E-state index in [2.05, 4.69) is 0 Å². The van der Waals surface area contributed by atoms with Crippen LogP contribution in [0.2, 0.25) is 0 Å². The highest BCUT2D eigenvalue weighted by Gasteiger charge is 2.35. The van der Waals surface area contributed by atoms with E-state index in [9.17, 15) is 35.5 Å². The van der Waals surface area contributed by atoms with Gasteiger partial charge in [-0.05, 0) is 30.0 Å². The standard InChI is InChI=1S/C28H30F5NO4S/c1-19(20-8-4-3-5-9-20)16-34(17-21-10-6-11-24(27(21)30)28(31,32)33)12-7-13-38-22-14-25(29)23(18-35)26(15-22)39(2,36)37/h3-6,8-11,14-15,19,35H,7,12-13,16-18H2,1-2H3. The van der Waals surface area contributed by atoms with E-state index >= 15 is 0 Å². The van der Waals surface area contributed by atoms with Crippen molar-refractivity contribution in [3.63, 3.8) is 0 Å². The monoisotopic (exact) mass is 571 g/mol. The summed E-state index contributed by atoms with van der Waals surface area (Å²) in [6, 6.07) is 14.8. The van der Waals surface area contributed by atoms with Crippen LogP contribution >= 0.6 is 0 Å². The second kappa shape index (κ2) is 12.9. The van der Waals surface area contributed by atoms with Gasteiger partial charge in [0.1, 0.15) is 17.4 Å². The molecule has 1 unspecified atom stereocenters. The van der Waals surface area contributed by atoms with E-state index in [1.165, 1.54) is 12.1 Å². The van der Waals surface area contributed by atoms with Crippen molar-refractivity contribution >= 4 is 9.84 Å². The summed E-state index contributed by atoms with van der Waals surface area (Å²) in [4.78, 5) is 1.44. The van der Waals surface area contributed by atoms with Gasteiger partial charge in [-0.15, -0.1) is 0 Å². The Kier molecular flexibility index (Phi) is 10.1. The predicted molar refractivity (Wildman–Crippen MR) is 137 cm³/mol. The fourth-order valence-corrected chi connectivity index (χ4v) is 5.24. The van der Waals surface area contributed by atoms with Crippen LogP contribution in [0.25, 0.3) is 0 Å². The number of alkyl halides is 3. The minimum Gasteiger partial charge on any atom is -0.493 e. The van der Waals surface area contributed by atoms with Crippen LogP contribution in [0.4, 0.5) is 22.0 Å². The van der Waals surface area contributed by atoms with Gasteiger partial charge >= 0.3 is 6.18 Å². The molecule has 0 heterocycles. The zero-order valence-electron chi connectivity index (χ0n) is 21.5. The molecule has 0 saturated heterocycles. The van der Waals surface area contributed by atoms with Gasteiger partial charge in [-0.1, -0.05) is 49.4 Å². The van der Waals surface area contributed by atoms with Crippen molar-refractivity contribution in [3.05, 3.63) is 94.6 Å². The third-order valence-electron chi connectivity index (χ3n) is 6.25. The maximum Gasteiger partial charge on any atom is 0.419 e. The lowest BCUT2D eigenvalue weighted by molar-refractivity contribution is -0.140. The molecule has 3 aromatic carbocycles. The first-order chi connectivity index (χ1) is 18.3. The molecule has 11 heteroatoms. The van der Waals surface area contributed by atoms with Crippen molar-refractivity contribution in [2.45, 2.75) is 43.5 Å². The van der Waals surface area contributed by atoms with Crippen molar-refractivity contribution < 1.29 is 40.2 Å². The molecule has 0 saturated carbocycles. The van der Waals surface area contributed by atoms with Crippen LogP contribution < -0.4 is 4.74 Å². The third kappa shape index (κ3) is 8.23. The summed E-state index contributed by atoms with van der Waals surface area (Å²) in [5.41, 5.74) is -0.759. The van der Waals surface area contributed by atoms with Crippen molar-refractivity contribution in [3.8, 4) is 5.75 Å². The van der Waals surface area contributed by atoms with Crippen molar-refractivity contribution in [2.75, 3.05) is 26.0 Å². The molecule has 5 nitrogen and oxygen atoms in total. The molecule has 3 aromatic rings. The molecule has 0 spiro atoms. The van der Waals surface area contributed by atoms with Gasteiger partial charge in [0.2, 0.25) is 0 Å². The number of hydrogen-bond acceptors (Lipinski definition) is 5. The van der Waals surface area contributed by atoms with Crippen molar-refractivity contribution in [1.29, 1.82) is 0 Å². The topological polar surface area (TPSA) is 66.8 Å². The predicted octanol–water partition coefficient (Wildman–Crippen LogP) is 5.95. The number of halogens is 5. The summed E-state index contributed by atoms with van der Waals surface area (Å²) in [5.74, 6) is -2.29. The van der Waals surface area contributed by atoms with Gasteiger partial charge in [-0.3, -0.25) is 4.90 Å². The maximum absolute atomic E-state index is 14.8. The third-order valence-corrected chi connectivity index (χ3v) is 7.41. The van der Waals surface area contributed by atoms with Crippen molar-refractivity contribution in [2.24, 2.45) is 0 Å². The first kappa shape index (κ1) is 30.5. The number of sulfone groups is 1. The van der Waals surface area contributed by atoms with E-state index in [-0.39, 0.29) is 40.8 Å². The average molecular weight is 572 g/mol. The fraction of sp³-hybridized carbons (Fsp3) is 0.357. The van der Waals surface area contributed by atoms with E-state index in [0.29, 0.717) is 25.6 Å². The van der Waals surface area contributed by atoms with Crippen molar-refractivity contribution in [1.82, 2.24) is 4.90 Å². The highest BCUT2D eigenvalue weighted by Crippen LogP contribution is 2.33. The summed E-state index contributed by atoms with van der Waals surface area (Å²) in [5, 5.41) is 9.35. The number of aliphatic hydroxyl groups is 1. The van der Waals surface area contributed by atoms with Crippen LogP contribution in [0.1, 0.15) is 41.5 Å².